The van der Waals surface area contributed by atoms with E-state index in [-0.39, 0.29) is 4.90 Å². The Balaban J connectivity index is 1.75. The van der Waals surface area contributed by atoms with Crippen molar-refractivity contribution in [1.82, 2.24) is 4.98 Å². The van der Waals surface area contributed by atoms with E-state index in [0.29, 0.717) is 17.3 Å². The lowest BCUT2D eigenvalue weighted by Gasteiger charge is -2.12. The minimum atomic E-state index is -3.71. The highest BCUT2D eigenvalue weighted by atomic mass is 32.2. The molecule has 3 aromatic rings. The van der Waals surface area contributed by atoms with E-state index in [9.17, 15) is 8.42 Å². The number of pyridine rings is 1. The van der Waals surface area contributed by atoms with Crippen molar-refractivity contribution in [3.63, 3.8) is 0 Å². The standard InChI is InChI=1S/C21H23N3O3S/c1-14-5-8-19(15(2)11-14)23-21-10-6-17(13-22-21)24-28(25,26)18-7-9-20(27-4)16(3)12-18/h5-13,24H,1-4H3,(H,22,23). The second-order valence-electron chi connectivity index (χ2n) is 6.61. The highest BCUT2D eigenvalue weighted by Crippen LogP contribution is 2.24. The summed E-state index contributed by atoms with van der Waals surface area (Å²) < 4.78 is 32.9. The van der Waals surface area contributed by atoms with Crippen molar-refractivity contribution in [2.75, 3.05) is 17.1 Å². The number of hydrogen-bond acceptors (Lipinski definition) is 5. The first-order chi connectivity index (χ1) is 13.3. The number of benzene rings is 2. The van der Waals surface area contributed by atoms with E-state index in [0.717, 1.165) is 16.8 Å². The van der Waals surface area contributed by atoms with Gasteiger partial charge in [0.15, 0.2) is 0 Å². The molecule has 0 spiro atoms. The second-order valence-corrected chi connectivity index (χ2v) is 8.29. The largest absolute Gasteiger partial charge is 0.496 e. The number of sulfonamides is 1. The summed E-state index contributed by atoms with van der Waals surface area (Å²) in [4.78, 5) is 4.47. The Kier molecular flexibility index (Phi) is 5.56. The number of hydrogen-bond donors (Lipinski definition) is 2. The molecule has 6 nitrogen and oxygen atoms in total. The summed E-state index contributed by atoms with van der Waals surface area (Å²) in [7, 11) is -2.16. The molecule has 0 aliphatic rings. The van der Waals surface area contributed by atoms with E-state index in [1.165, 1.54) is 17.8 Å². The predicted octanol–water partition coefficient (Wildman–Crippen LogP) is 4.56. The molecule has 0 fully saturated rings. The van der Waals surface area contributed by atoms with Gasteiger partial charge in [-0.25, -0.2) is 13.4 Å². The number of ether oxygens (including phenoxy) is 1. The van der Waals surface area contributed by atoms with Gasteiger partial charge in [-0.3, -0.25) is 4.72 Å². The number of nitrogens with one attached hydrogen (secondary N) is 2. The van der Waals surface area contributed by atoms with Crippen molar-refractivity contribution >= 4 is 27.2 Å². The van der Waals surface area contributed by atoms with Crippen LogP contribution in [0.3, 0.4) is 0 Å². The zero-order valence-corrected chi connectivity index (χ0v) is 17.1. The minimum Gasteiger partial charge on any atom is -0.496 e. The van der Waals surface area contributed by atoms with Crippen molar-refractivity contribution in [3.8, 4) is 5.75 Å². The first-order valence-electron chi connectivity index (χ1n) is 8.76. The van der Waals surface area contributed by atoms with Crippen LogP contribution in [0.2, 0.25) is 0 Å². The molecule has 0 saturated heterocycles. The first-order valence-corrected chi connectivity index (χ1v) is 10.2. The van der Waals surface area contributed by atoms with Gasteiger partial charge in [-0.1, -0.05) is 17.7 Å². The molecule has 1 heterocycles. The molecule has 3 rings (SSSR count). The second kappa shape index (κ2) is 7.90. The van der Waals surface area contributed by atoms with Gasteiger partial charge in [-0.05, 0) is 68.3 Å². The van der Waals surface area contributed by atoms with Gasteiger partial charge >= 0.3 is 0 Å². The van der Waals surface area contributed by atoms with Crippen molar-refractivity contribution in [2.24, 2.45) is 0 Å². The summed E-state index contributed by atoms with van der Waals surface area (Å²) in [5.41, 5.74) is 4.40. The zero-order chi connectivity index (χ0) is 20.3. The van der Waals surface area contributed by atoms with Crippen LogP contribution in [0.5, 0.6) is 5.75 Å². The fourth-order valence-corrected chi connectivity index (χ4v) is 3.98. The molecular formula is C21H23N3O3S. The van der Waals surface area contributed by atoms with Crippen molar-refractivity contribution in [3.05, 3.63) is 71.4 Å². The molecule has 0 radical (unpaired) electrons. The van der Waals surface area contributed by atoms with E-state index in [4.69, 9.17) is 4.74 Å². The van der Waals surface area contributed by atoms with Crippen LogP contribution in [0.25, 0.3) is 0 Å². The smallest absolute Gasteiger partial charge is 0.261 e. The number of methoxy groups -OCH3 is 1. The SMILES string of the molecule is COc1ccc(S(=O)(=O)Nc2ccc(Nc3ccc(C)cc3C)nc2)cc1C. The molecule has 28 heavy (non-hydrogen) atoms. The summed E-state index contributed by atoms with van der Waals surface area (Å²) in [5.74, 6) is 1.28. The van der Waals surface area contributed by atoms with Gasteiger partial charge in [0.1, 0.15) is 11.6 Å². The fourth-order valence-electron chi connectivity index (χ4n) is 2.85. The Hall–Kier alpha value is -3.06. The van der Waals surface area contributed by atoms with Gasteiger partial charge in [-0.2, -0.15) is 0 Å². The molecule has 0 aliphatic heterocycles. The summed E-state index contributed by atoms with van der Waals surface area (Å²) in [5, 5.41) is 3.24. The average molecular weight is 398 g/mol. The predicted molar refractivity (Wildman–Crippen MR) is 112 cm³/mol. The maximum atomic E-state index is 12.6. The van der Waals surface area contributed by atoms with Crippen molar-refractivity contribution in [1.29, 1.82) is 0 Å². The highest BCUT2D eigenvalue weighted by Gasteiger charge is 2.16. The number of rotatable bonds is 6. The lowest BCUT2D eigenvalue weighted by Crippen LogP contribution is -2.13. The third-order valence-electron chi connectivity index (χ3n) is 4.34. The van der Waals surface area contributed by atoms with Crippen LogP contribution in [-0.4, -0.2) is 20.5 Å². The van der Waals surface area contributed by atoms with Crippen molar-refractivity contribution < 1.29 is 13.2 Å². The lowest BCUT2D eigenvalue weighted by molar-refractivity contribution is 0.411. The molecule has 0 unspecified atom stereocenters. The molecular weight excluding hydrogens is 374 g/mol. The number of aromatic nitrogens is 1. The Bertz CT molecular complexity index is 1090. The van der Waals surface area contributed by atoms with Crippen LogP contribution in [0.1, 0.15) is 16.7 Å². The van der Waals surface area contributed by atoms with Crippen LogP contribution in [0.4, 0.5) is 17.2 Å². The first kappa shape index (κ1) is 19.7. The molecule has 0 saturated carbocycles. The summed E-state index contributed by atoms with van der Waals surface area (Å²) in [6.07, 6.45) is 1.49. The Morgan fingerprint density at radius 1 is 0.929 bits per heavy atom. The van der Waals surface area contributed by atoms with Crippen LogP contribution in [-0.2, 0) is 10.0 Å². The Labute approximate surface area is 165 Å². The van der Waals surface area contributed by atoms with Crippen molar-refractivity contribution in [2.45, 2.75) is 25.7 Å². The Morgan fingerprint density at radius 2 is 1.71 bits per heavy atom. The van der Waals surface area contributed by atoms with Crippen LogP contribution >= 0.6 is 0 Å². The summed E-state index contributed by atoms with van der Waals surface area (Å²) in [6.45, 7) is 5.86. The molecule has 7 heteroatoms. The lowest BCUT2D eigenvalue weighted by atomic mass is 10.1. The molecule has 0 aliphatic carbocycles. The fraction of sp³-hybridized carbons (Fsp3) is 0.190. The maximum absolute atomic E-state index is 12.6. The summed E-state index contributed by atoms with van der Waals surface area (Å²) >= 11 is 0. The van der Waals surface area contributed by atoms with Crippen LogP contribution < -0.4 is 14.8 Å². The quantitative estimate of drug-likeness (QED) is 0.637. The highest BCUT2D eigenvalue weighted by molar-refractivity contribution is 7.92. The van der Waals surface area contributed by atoms with E-state index in [1.54, 1.807) is 38.3 Å². The monoisotopic (exact) mass is 397 g/mol. The van der Waals surface area contributed by atoms with E-state index in [2.05, 4.69) is 21.1 Å². The van der Waals surface area contributed by atoms with Crippen LogP contribution in [0.15, 0.2) is 59.6 Å². The molecule has 0 bridgehead atoms. The third-order valence-corrected chi connectivity index (χ3v) is 5.72. The topological polar surface area (TPSA) is 80.3 Å². The number of anilines is 3. The van der Waals surface area contributed by atoms with Gasteiger partial charge in [0.25, 0.3) is 10.0 Å². The van der Waals surface area contributed by atoms with Gasteiger partial charge in [-0.15, -0.1) is 0 Å². The average Bonchev–Trinajstić information content (AvgIpc) is 2.65. The van der Waals surface area contributed by atoms with Gasteiger partial charge in [0, 0.05) is 5.69 Å². The van der Waals surface area contributed by atoms with Gasteiger partial charge < -0.3 is 10.1 Å². The van der Waals surface area contributed by atoms with Gasteiger partial charge in [0.2, 0.25) is 0 Å². The van der Waals surface area contributed by atoms with E-state index >= 15 is 0 Å². The Morgan fingerprint density at radius 3 is 2.32 bits per heavy atom. The molecule has 146 valence electrons. The molecule has 2 N–H and O–H groups in total. The molecule has 0 amide bonds. The third kappa shape index (κ3) is 4.43. The maximum Gasteiger partial charge on any atom is 0.261 e. The molecule has 1 aromatic heterocycles. The van der Waals surface area contributed by atoms with E-state index in [1.807, 2.05) is 26.0 Å². The molecule has 0 atom stereocenters. The number of nitrogens with zero attached hydrogens (tertiary/aromatic N) is 1. The zero-order valence-electron chi connectivity index (χ0n) is 16.3. The van der Waals surface area contributed by atoms with Gasteiger partial charge in [0.05, 0.1) is 23.9 Å². The minimum absolute atomic E-state index is 0.170. The van der Waals surface area contributed by atoms with E-state index < -0.39 is 10.0 Å². The number of aryl methyl sites for hydroxylation is 3. The normalized spacial score (nSPS) is 11.1. The summed E-state index contributed by atoms with van der Waals surface area (Å²) in [6, 6.07) is 14.2. The van der Waals surface area contributed by atoms with Crippen LogP contribution in [0, 0.1) is 20.8 Å². The molecule has 2 aromatic carbocycles.